The molecule has 1 amide bonds. The van der Waals surface area contributed by atoms with Gasteiger partial charge in [0, 0.05) is 21.0 Å². The molecule has 1 aliphatic heterocycles. The number of para-hydroxylation sites is 2. The lowest BCUT2D eigenvalue weighted by Gasteiger charge is -2.23. The third-order valence-corrected chi connectivity index (χ3v) is 5.65. The molecule has 0 bridgehead atoms. The predicted octanol–water partition coefficient (Wildman–Crippen LogP) is 2.99. The van der Waals surface area contributed by atoms with Gasteiger partial charge in [-0.3, -0.25) is 4.79 Å². The second kappa shape index (κ2) is 8.66. The predicted molar refractivity (Wildman–Crippen MR) is 113 cm³/mol. The Labute approximate surface area is 176 Å². The average Bonchev–Trinajstić information content (AvgIpc) is 3.36. The summed E-state index contributed by atoms with van der Waals surface area (Å²) in [7, 11) is 0. The van der Waals surface area contributed by atoms with Crippen molar-refractivity contribution in [2.24, 2.45) is 0 Å². The Hall–Kier alpha value is -3.21. The van der Waals surface area contributed by atoms with Crippen molar-refractivity contribution in [2.75, 3.05) is 23.8 Å². The fraction of sp³-hybridized carbons (Fsp3) is 0.250. The van der Waals surface area contributed by atoms with E-state index < -0.39 is 11.1 Å². The number of hydrogen-bond donors (Lipinski definition) is 4. The molecule has 30 heavy (non-hydrogen) atoms. The van der Waals surface area contributed by atoms with Gasteiger partial charge in [0.1, 0.15) is 0 Å². The number of nitrogens with one attached hydrogen (secondary N) is 2. The molecule has 2 atom stereocenters. The van der Waals surface area contributed by atoms with E-state index in [2.05, 4.69) is 19.4 Å². The van der Waals surface area contributed by atoms with Crippen LogP contribution in [0.4, 0.5) is 23.0 Å². The van der Waals surface area contributed by atoms with Crippen molar-refractivity contribution < 1.29 is 19.6 Å². The molecule has 10 heteroatoms. The van der Waals surface area contributed by atoms with E-state index in [9.17, 15) is 19.6 Å². The first-order valence-electron chi connectivity index (χ1n) is 9.49. The molecule has 9 nitrogen and oxygen atoms in total. The first kappa shape index (κ1) is 20.1. The van der Waals surface area contributed by atoms with Crippen molar-refractivity contribution in [2.45, 2.75) is 18.9 Å². The number of carbonyl (C=O) groups is 1. The number of benzene rings is 2. The third-order valence-electron chi connectivity index (χ3n) is 4.97. The zero-order chi connectivity index (χ0) is 21.1. The number of aromatic hydroxyl groups is 1. The normalized spacial score (nSPS) is 16.5. The van der Waals surface area contributed by atoms with Gasteiger partial charge in [0.2, 0.25) is 11.6 Å². The maximum atomic E-state index is 12.9. The summed E-state index contributed by atoms with van der Waals surface area (Å²) in [5.74, 6) is -0.145. The minimum absolute atomic E-state index is 0.113. The summed E-state index contributed by atoms with van der Waals surface area (Å²) in [5.41, 5.74) is 1.09. The fourth-order valence-corrected chi connectivity index (χ4v) is 4.09. The number of nitrogens with zero attached hydrogens (tertiary/aromatic N) is 3. The monoisotopic (exact) mass is 427 g/mol. The van der Waals surface area contributed by atoms with Gasteiger partial charge in [-0.2, -0.15) is 0 Å². The van der Waals surface area contributed by atoms with Crippen LogP contribution in [0, 0.1) is 0 Å². The van der Waals surface area contributed by atoms with Crippen molar-refractivity contribution in [1.29, 1.82) is 0 Å². The Bertz CT molecular complexity index is 1040. The van der Waals surface area contributed by atoms with Crippen LogP contribution in [0.25, 0.3) is 0 Å². The Balaban J connectivity index is 1.59. The van der Waals surface area contributed by atoms with Crippen LogP contribution >= 0.6 is 11.1 Å². The molecule has 4 rings (SSSR count). The second-order valence-electron chi connectivity index (χ2n) is 6.91. The molecule has 0 saturated carbocycles. The number of rotatable bonds is 6. The number of aliphatic hydroxyl groups is 1. The smallest absolute Gasteiger partial charge is 0.258 e. The zero-order valence-electron chi connectivity index (χ0n) is 16.0. The molecule has 2 aromatic carbocycles. The maximum absolute atomic E-state index is 12.9. The van der Waals surface area contributed by atoms with E-state index >= 15 is 0 Å². The number of aromatic nitrogens is 2. The van der Waals surface area contributed by atoms with E-state index in [-0.39, 0.29) is 47.2 Å². The lowest BCUT2D eigenvalue weighted by Crippen LogP contribution is -2.37. The van der Waals surface area contributed by atoms with E-state index in [4.69, 9.17) is 0 Å². The van der Waals surface area contributed by atoms with Crippen molar-refractivity contribution in [3.8, 4) is 5.75 Å². The highest BCUT2D eigenvalue weighted by Gasteiger charge is 2.30. The number of likely N-dealkylation sites (tertiary alicyclic amines) is 1. The van der Waals surface area contributed by atoms with Crippen LogP contribution in [0.3, 0.4) is 0 Å². The number of amides is 1. The largest absolute Gasteiger partial charge is 0.546 e. The highest BCUT2D eigenvalue weighted by atomic mass is 32.2. The van der Waals surface area contributed by atoms with Gasteiger partial charge >= 0.3 is 0 Å². The molecule has 2 heterocycles. The molecule has 1 aliphatic rings. The Morgan fingerprint density at radius 1 is 1.13 bits per heavy atom. The molecule has 1 aromatic heterocycles. The van der Waals surface area contributed by atoms with Gasteiger partial charge in [-0.1, -0.05) is 24.3 Å². The quantitative estimate of drug-likeness (QED) is 0.348. The highest BCUT2D eigenvalue weighted by Crippen LogP contribution is 2.35. The first-order valence-corrected chi connectivity index (χ1v) is 10.6. The molecule has 0 aliphatic carbocycles. The second-order valence-corrected chi connectivity index (χ2v) is 7.73. The van der Waals surface area contributed by atoms with Crippen LogP contribution in [0.5, 0.6) is 5.75 Å². The van der Waals surface area contributed by atoms with Crippen LogP contribution < -0.4 is 10.6 Å². The van der Waals surface area contributed by atoms with Gasteiger partial charge in [0.05, 0.1) is 23.9 Å². The molecule has 1 fully saturated rings. The van der Waals surface area contributed by atoms with Gasteiger partial charge < -0.3 is 30.3 Å². The molecule has 156 valence electrons. The van der Waals surface area contributed by atoms with E-state index in [1.54, 1.807) is 17.0 Å². The molecule has 1 unspecified atom stereocenters. The van der Waals surface area contributed by atoms with Crippen LogP contribution in [-0.2, 0) is 0 Å². The van der Waals surface area contributed by atoms with Crippen molar-refractivity contribution in [3.05, 3.63) is 54.1 Å². The van der Waals surface area contributed by atoms with Gasteiger partial charge in [0.15, 0.2) is 16.9 Å². The first-order chi connectivity index (χ1) is 14.6. The van der Waals surface area contributed by atoms with E-state index in [1.165, 1.54) is 6.07 Å². The van der Waals surface area contributed by atoms with E-state index in [0.29, 0.717) is 6.54 Å². The summed E-state index contributed by atoms with van der Waals surface area (Å²) in [4.78, 5) is 14.5. The molecule has 0 spiro atoms. The Kier molecular flexibility index (Phi) is 5.79. The summed E-state index contributed by atoms with van der Waals surface area (Å²) >= 11 is -1.79. The van der Waals surface area contributed by atoms with Crippen LogP contribution in [0.2, 0.25) is 0 Å². The molecule has 1 saturated heterocycles. The van der Waals surface area contributed by atoms with Crippen molar-refractivity contribution in [1.82, 2.24) is 13.6 Å². The minimum atomic E-state index is -1.79. The van der Waals surface area contributed by atoms with Gasteiger partial charge in [-0.05, 0) is 37.1 Å². The number of hydrogen-bond acceptors (Lipinski definition) is 8. The number of phenols is 1. The zero-order valence-corrected chi connectivity index (χ0v) is 16.8. The van der Waals surface area contributed by atoms with Gasteiger partial charge in [0.25, 0.3) is 5.91 Å². The highest BCUT2D eigenvalue weighted by molar-refractivity contribution is 7.14. The van der Waals surface area contributed by atoms with Gasteiger partial charge in [-0.15, -0.1) is 0 Å². The molecule has 3 aromatic rings. The SMILES string of the molecule is O=C(c1cccc(Nc2n[s+]([O-])nc2Nc2ccccc2)c1O)N1CCC[C@H]1CO. The number of carbonyl (C=O) groups excluding carboxylic acids is 1. The van der Waals surface area contributed by atoms with Crippen LogP contribution in [-0.4, -0.2) is 53.5 Å². The summed E-state index contributed by atoms with van der Waals surface area (Å²) in [6.07, 6.45) is 1.54. The van der Waals surface area contributed by atoms with Gasteiger partial charge in [-0.25, -0.2) is 0 Å². The Morgan fingerprint density at radius 3 is 2.60 bits per heavy atom. The lowest BCUT2D eigenvalue weighted by molar-refractivity contribution is 0.0674. The van der Waals surface area contributed by atoms with Crippen LogP contribution in [0.1, 0.15) is 23.2 Å². The number of aliphatic hydroxyl groups excluding tert-OH is 1. The molecular weight excluding hydrogens is 406 g/mol. The standard InChI is InChI=1S/C20H21N5O4S/c26-12-14-8-5-11-25(14)20(28)15-9-4-10-16(17(15)27)22-19-18(23-30(29)24-19)21-13-6-2-1-3-7-13/h1-4,6-7,9-10,14,26-27H,5,8,11-12H2,(H,21,23)(H,22,24)/t14-,30?/m0/s1. The van der Waals surface area contributed by atoms with E-state index in [1.807, 2.05) is 30.3 Å². The number of phenolic OH excluding ortho intramolecular Hbond substituents is 1. The molecular formula is C20H21N5O4S. The van der Waals surface area contributed by atoms with E-state index in [0.717, 1.165) is 18.5 Å². The minimum Gasteiger partial charge on any atom is -0.546 e. The molecule has 0 radical (unpaired) electrons. The summed E-state index contributed by atoms with van der Waals surface area (Å²) in [6.45, 7) is 0.419. The fourth-order valence-electron chi connectivity index (χ4n) is 3.48. The number of anilines is 4. The molecule has 4 N–H and O–H groups in total. The van der Waals surface area contributed by atoms with Crippen LogP contribution in [0.15, 0.2) is 48.5 Å². The summed E-state index contributed by atoms with van der Waals surface area (Å²) < 4.78 is 19.8. The van der Waals surface area contributed by atoms with Crippen molar-refractivity contribution >= 4 is 40.1 Å². The lowest BCUT2D eigenvalue weighted by atomic mass is 10.1. The average molecular weight is 427 g/mol. The summed E-state index contributed by atoms with van der Waals surface area (Å²) in [6, 6.07) is 13.7. The summed E-state index contributed by atoms with van der Waals surface area (Å²) in [5, 5.41) is 26.2. The topological polar surface area (TPSA) is 134 Å². The van der Waals surface area contributed by atoms with Crippen molar-refractivity contribution in [3.63, 3.8) is 0 Å². The third kappa shape index (κ3) is 4.06. The Morgan fingerprint density at radius 2 is 1.87 bits per heavy atom. The maximum Gasteiger partial charge on any atom is 0.258 e.